The molecule has 2 heterocycles. The van der Waals surface area contributed by atoms with Gasteiger partial charge in [0.05, 0.1) is 35.4 Å². The summed E-state index contributed by atoms with van der Waals surface area (Å²) in [5.74, 6) is 2.32. The predicted octanol–water partition coefficient (Wildman–Crippen LogP) is 14.2. The van der Waals surface area contributed by atoms with Crippen LogP contribution in [-0.2, 0) is 9.59 Å². The lowest BCUT2D eigenvalue weighted by atomic mass is 9.77. The summed E-state index contributed by atoms with van der Waals surface area (Å²) in [5, 5.41) is 19.4. The van der Waals surface area contributed by atoms with Gasteiger partial charge < -0.3 is 19.7 Å². The highest BCUT2D eigenvalue weighted by Gasteiger charge is 2.48. The Morgan fingerprint density at radius 3 is 1.26 bits per heavy atom. The third-order valence-electron chi connectivity index (χ3n) is 20.2. The first-order valence-electron chi connectivity index (χ1n) is 29.5. The Morgan fingerprint density at radius 2 is 0.895 bits per heavy atom. The molecular weight excluding hydrogens is 949 g/mol. The molecule has 0 amide bonds. The standard InChI is InChI=1S/2C33H41NO4/c2*1-34-21-33(15-4-5-16-33)20-29(34)30(35)18-22-11-13-25(17-22)38-31-14-12-24(32(36)37)19-28(31)27-10-3-2-9-26(27)23-7-6-8-23/h2*2-3,9-10,12,14,19,22-23,25,29H,4-8,11,13,15-18,20-21H2,1H3,(H,36,37)/t22-,25-,29+;22-,25-,29-/m11/s1. The zero-order valence-corrected chi connectivity index (χ0v) is 45.3. The van der Waals surface area contributed by atoms with E-state index >= 15 is 0 Å². The molecule has 4 aromatic rings. The van der Waals surface area contributed by atoms with Crippen molar-refractivity contribution in [2.75, 3.05) is 27.2 Å². The molecule has 0 unspecified atom stereocenters. The Balaban J connectivity index is 0.000000162. The van der Waals surface area contributed by atoms with Gasteiger partial charge in [0.25, 0.3) is 0 Å². The SMILES string of the molecule is CN1CC2(CCCC2)C[C@@H]1C(=O)C[C@@H]1CC[C@@H](Oc2ccc(C(=O)O)cc2-c2ccccc2C2CCC2)C1.CN1CC2(CCCC2)C[C@H]1C(=O)C[C@@H]1CC[C@@H](Oc2ccc(C(=O)O)cc2-c2ccccc2C2CCC2)C1. The summed E-state index contributed by atoms with van der Waals surface area (Å²) in [4.78, 5) is 55.0. The molecule has 2 saturated heterocycles. The molecule has 2 spiro atoms. The van der Waals surface area contributed by atoms with E-state index in [9.17, 15) is 29.4 Å². The minimum atomic E-state index is -0.922. The smallest absolute Gasteiger partial charge is 0.335 e. The monoisotopic (exact) mass is 1030 g/mol. The molecule has 2 N–H and O–H groups in total. The van der Waals surface area contributed by atoms with Crippen molar-refractivity contribution < 1.29 is 38.9 Å². The molecule has 2 aliphatic heterocycles. The van der Waals surface area contributed by atoms with Crippen LogP contribution in [0.15, 0.2) is 84.9 Å². The number of benzene rings is 4. The number of rotatable bonds is 16. The number of likely N-dealkylation sites (N-methyl/N-ethyl adjacent to an activating group) is 2. The molecule has 6 aliphatic carbocycles. The number of ketones is 2. The van der Waals surface area contributed by atoms with Crippen LogP contribution in [0, 0.1) is 22.7 Å². The van der Waals surface area contributed by atoms with Crippen molar-refractivity contribution in [2.24, 2.45) is 22.7 Å². The van der Waals surface area contributed by atoms with Crippen molar-refractivity contribution >= 4 is 23.5 Å². The van der Waals surface area contributed by atoms with Gasteiger partial charge in [-0.3, -0.25) is 19.4 Å². The van der Waals surface area contributed by atoms with Crippen molar-refractivity contribution in [3.8, 4) is 33.8 Å². The van der Waals surface area contributed by atoms with Crippen LogP contribution in [0.5, 0.6) is 11.5 Å². The Bertz CT molecular complexity index is 2580. The molecule has 10 nitrogen and oxygen atoms in total. The Hall–Kier alpha value is -5.32. The fraction of sp³-hybridized carbons (Fsp3) is 0.576. The Morgan fingerprint density at radius 1 is 0.500 bits per heavy atom. The summed E-state index contributed by atoms with van der Waals surface area (Å²) in [7, 11) is 4.28. The van der Waals surface area contributed by atoms with Crippen molar-refractivity contribution in [2.45, 2.75) is 190 Å². The maximum Gasteiger partial charge on any atom is 0.335 e. The normalized spacial score (nSPS) is 27.0. The van der Waals surface area contributed by atoms with Gasteiger partial charge in [-0.1, -0.05) is 87.1 Å². The summed E-state index contributed by atoms with van der Waals surface area (Å²) in [6, 6.07) is 27.5. The van der Waals surface area contributed by atoms with Crippen molar-refractivity contribution in [3.63, 3.8) is 0 Å². The van der Waals surface area contributed by atoms with E-state index in [0.29, 0.717) is 58.9 Å². The van der Waals surface area contributed by atoms with Gasteiger partial charge >= 0.3 is 11.9 Å². The number of nitrogens with zero attached hydrogens (tertiary/aromatic N) is 2. The largest absolute Gasteiger partial charge is 0.490 e. The van der Waals surface area contributed by atoms with Gasteiger partial charge in [-0.05, 0) is 210 Å². The summed E-state index contributed by atoms with van der Waals surface area (Å²) >= 11 is 0. The number of hydrogen-bond acceptors (Lipinski definition) is 8. The van der Waals surface area contributed by atoms with Gasteiger partial charge in [0.1, 0.15) is 23.1 Å². The van der Waals surface area contributed by atoms with Gasteiger partial charge in [-0.15, -0.1) is 0 Å². The molecule has 6 atom stereocenters. The zero-order chi connectivity index (χ0) is 52.6. The zero-order valence-electron chi connectivity index (χ0n) is 45.3. The number of aromatic carboxylic acids is 2. The fourth-order valence-corrected chi connectivity index (χ4v) is 15.7. The highest BCUT2D eigenvalue weighted by molar-refractivity contribution is 5.92. The average molecular weight is 1030 g/mol. The second kappa shape index (κ2) is 22.6. The number of carboxylic acid groups (broad SMARTS) is 2. The number of Topliss-reactive ketones (excluding diaryl/α,β-unsaturated/α-hetero) is 2. The first-order valence-corrected chi connectivity index (χ1v) is 29.5. The molecule has 10 heteroatoms. The lowest BCUT2D eigenvalue weighted by Gasteiger charge is -2.28. The van der Waals surface area contributed by atoms with Crippen LogP contribution in [-0.4, -0.2) is 95.0 Å². The summed E-state index contributed by atoms with van der Waals surface area (Å²) in [6.07, 6.45) is 26.8. The first-order chi connectivity index (χ1) is 36.8. The molecule has 76 heavy (non-hydrogen) atoms. The predicted molar refractivity (Wildman–Crippen MR) is 297 cm³/mol. The fourth-order valence-electron chi connectivity index (χ4n) is 15.7. The van der Waals surface area contributed by atoms with Crippen LogP contribution < -0.4 is 9.47 Å². The highest BCUT2D eigenvalue weighted by Crippen LogP contribution is 2.51. The van der Waals surface area contributed by atoms with Gasteiger partial charge in [-0.2, -0.15) is 0 Å². The summed E-state index contributed by atoms with van der Waals surface area (Å²) in [5.41, 5.74) is 7.87. The van der Waals surface area contributed by atoms with Crippen LogP contribution in [0.2, 0.25) is 0 Å². The molecule has 0 aromatic heterocycles. The molecular formula is C66H82N2O8. The number of likely N-dealkylation sites (tertiary alicyclic amines) is 2. The van der Waals surface area contributed by atoms with E-state index in [1.165, 1.54) is 101 Å². The van der Waals surface area contributed by atoms with Gasteiger partial charge in [0.2, 0.25) is 0 Å². The van der Waals surface area contributed by atoms with Crippen molar-refractivity contribution in [1.29, 1.82) is 0 Å². The van der Waals surface area contributed by atoms with Crippen molar-refractivity contribution in [1.82, 2.24) is 9.80 Å². The summed E-state index contributed by atoms with van der Waals surface area (Å²) in [6.45, 7) is 2.16. The van der Waals surface area contributed by atoms with E-state index in [4.69, 9.17) is 9.47 Å². The quantitative estimate of drug-likeness (QED) is 0.112. The van der Waals surface area contributed by atoms with Gasteiger partial charge in [0, 0.05) is 37.1 Å². The Kier molecular flexibility index (Phi) is 15.7. The van der Waals surface area contributed by atoms with Crippen LogP contribution in [0.25, 0.3) is 22.3 Å². The molecule has 0 radical (unpaired) electrons. The van der Waals surface area contributed by atoms with E-state index in [-0.39, 0.29) is 35.4 Å². The van der Waals surface area contributed by atoms with Crippen LogP contribution in [0.4, 0.5) is 0 Å². The molecule has 4 aromatic carbocycles. The van der Waals surface area contributed by atoms with Crippen LogP contribution in [0.3, 0.4) is 0 Å². The van der Waals surface area contributed by atoms with Gasteiger partial charge in [0.15, 0.2) is 0 Å². The molecule has 8 aliphatic rings. The molecule has 0 bridgehead atoms. The second-order valence-electron chi connectivity index (χ2n) is 25.3. The molecule has 8 fully saturated rings. The van der Waals surface area contributed by atoms with Gasteiger partial charge in [-0.25, -0.2) is 9.59 Å². The number of ether oxygens (including phenoxy) is 2. The van der Waals surface area contributed by atoms with Crippen molar-refractivity contribution in [3.05, 3.63) is 107 Å². The van der Waals surface area contributed by atoms with E-state index in [2.05, 4.69) is 60.3 Å². The Labute approximate surface area is 451 Å². The lowest BCUT2D eigenvalue weighted by molar-refractivity contribution is -0.124. The minimum Gasteiger partial charge on any atom is -0.490 e. The number of carbonyl (C=O) groups is 4. The summed E-state index contributed by atoms with van der Waals surface area (Å²) < 4.78 is 13.2. The maximum atomic E-state index is 13.4. The van der Waals surface area contributed by atoms with E-state index in [1.807, 2.05) is 24.3 Å². The minimum absolute atomic E-state index is 0.0561. The van der Waals surface area contributed by atoms with E-state index in [1.54, 1.807) is 24.3 Å². The third-order valence-corrected chi connectivity index (χ3v) is 20.2. The van der Waals surface area contributed by atoms with E-state index < -0.39 is 11.9 Å². The number of hydrogen-bond donors (Lipinski definition) is 2. The van der Waals surface area contributed by atoms with Crippen LogP contribution in [0.1, 0.15) is 198 Å². The maximum absolute atomic E-state index is 13.4. The molecule has 404 valence electrons. The highest BCUT2D eigenvalue weighted by atomic mass is 16.5. The lowest BCUT2D eigenvalue weighted by Crippen LogP contribution is -2.33. The average Bonchev–Trinajstić information content (AvgIpc) is 4.27. The third kappa shape index (κ3) is 11.3. The second-order valence-corrected chi connectivity index (χ2v) is 25.3. The molecule has 12 rings (SSSR count). The van der Waals surface area contributed by atoms with E-state index in [0.717, 1.165) is 98.2 Å². The molecule has 6 saturated carbocycles. The topological polar surface area (TPSA) is 134 Å². The first kappa shape index (κ1) is 52.7. The number of carbonyl (C=O) groups excluding carboxylic acids is 2. The van der Waals surface area contributed by atoms with Crippen LogP contribution >= 0.6 is 0 Å². The number of carboxylic acids is 2.